The highest BCUT2D eigenvalue weighted by molar-refractivity contribution is 9.10. The van der Waals surface area contributed by atoms with E-state index in [1.807, 2.05) is 33.3 Å². The highest BCUT2D eigenvalue weighted by Gasteiger charge is 2.10. The van der Waals surface area contributed by atoms with Gasteiger partial charge in [-0.05, 0) is 31.7 Å². The first kappa shape index (κ1) is 14.0. The van der Waals surface area contributed by atoms with Gasteiger partial charge >= 0.3 is 0 Å². The average Bonchev–Trinajstić information content (AvgIpc) is 2.74. The zero-order valence-electron chi connectivity index (χ0n) is 11.3. The van der Waals surface area contributed by atoms with Crippen LogP contribution in [0.2, 0.25) is 0 Å². The predicted molar refractivity (Wildman–Crippen MR) is 77.0 cm³/mol. The Labute approximate surface area is 121 Å². The lowest BCUT2D eigenvalue weighted by atomic mass is 10.1. The molecule has 2 rings (SSSR count). The van der Waals surface area contributed by atoms with Crippen LogP contribution in [0.3, 0.4) is 0 Å². The molecular formula is C13H17BrN4O. The van der Waals surface area contributed by atoms with Crippen molar-refractivity contribution >= 4 is 15.9 Å². The van der Waals surface area contributed by atoms with Crippen molar-refractivity contribution < 1.29 is 4.74 Å². The normalized spacial score (nSPS) is 10.7. The topological polar surface area (TPSA) is 52.0 Å². The molecule has 0 saturated carbocycles. The highest BCUT2D eigenvalue weighted by atomic mass is 79.9. The molecule has 1 N–H and O–H groups in total. The molecule has 0 radical (unpaired) electrons. The third-order valence-corrected chi connectivity index (χ3v) is 3.16. The lowest BCUT2D eigenvalue weighted by Gasteiger charge is -2.14. The van der Waals surface area contributed by atoms with Crippen LogP contribution in [0.1, 0.15) is 16.8 Å². The Bertz CT molecular complexity index is 568. The summed E-state index contributed by atoms with van der Waals surface area (Å²) in [6.07, 6.45) is 1.85. The van der Waals surface area contributed by atoms with Crippen LogP contribution in [0.25, 0.3) is 0 Å². The Kier molecular flexibility index (Phi) is 4.55. The maximum absolute atomic E-state index is 5.90. The summed E-state index contributed by atoms with van der Waals surface area (Å²) in [5.74, 6) is 0.906. The average molecular weight is 325 g/mol. The Morgan fingerprint density at radius 1 is 1.42 bits per heavy atom. The van der Waals surface area contributed by atoms with Crippen molar-refractivity contribution in [3.05, 3.63) is 39.6 Å². The molecule has 19 heavy (non-hydrogen) atoms. The van der Waals surface area contributed by atoms with E-state index in [2.05, 4.69) is 37.6 Å². The van der Waals surface area contributed by atoms with Crippen molar-refractivity contribution in [2.24, 2.45) is 7.05 Å². The number of aryl methyl sites for hydroxylation is 2. The van der Waals surface area contributed by atoms with Gasteiger partial charge in [0.2, 0.25) is 0 Å². The van der Waals surface area contributed by atoms with E-state index in [1.165, 1.54) is 0 Å². The van der Waals surface area contributed by atoms with Crippen LogP contribution in [0.4, 0.5) is 0 Å². The van der Waals surface area contributed by atoms with Gasteiger partial charge < -0.3 is 10.1 Å². The van der Waals surface area contributed by atoms with Gasteiger partial charge in [0.15, 0.2) is 0 Å². The van der Waals surface area contributed by atoms with Crippen LogP contribution in [0, 0.1) is 6.92 Å². The summed E-state index contributed by atoms with van der Waals surface area (Å²) in [5.41, 5.74) is 3.04. The number of hydrogen-bond donors (Lipinski definition) is 1. The van der Waals surface area contributed by atoms with Gasteiger partial charge in [-0.3, -0.25) is 4.68 Å². The fourth-order valence-corrected chi connectivity index (χ4v) is 2.55. The zero-order valence-corrected chi connectivity index (χ0v) is 12.9. The smallest absolute Gasteiger partial charge is 0.134 e. The molecule has 1 aromatic heterocycles. The second-order valence-corrected chi connectivity index (χ2v) is 5.33. The van der Waals surface area contributed by atoms with Crippen molar-refractivity contribution in [1.29, 1.82) is 0 Å². The summed E-state index contributed by atoms with van der Waals surface area (Å²) >= 11 is 3.51. The summed E-state index contributed by atoms with van der Waals surface area (Å²) in [6, 6.07) is 4.11. The second kappa shape index (κ2) is 6.16. The monoisotopic (exact) mass is 324 g/mol. The molecule has 0 unspecified atom stereocenters. The van der Waals surface area contributed by atoms with Crippen LogP contribution in [-0.2, 0) is 20.2 Å². The van der Waals surface area contributed by atoms with E-state index in [-0.39, 0.29) is 0 Å². The molecule has 0 aliphatic heterocycles. The minimum Gasteiger partial charge on any atom is -0.487 e. The number of halogens is 1. The largest absolute Gasteiger partial charge is 0.487 e. The number of benzene rings is 1. The van der Waals surface area contributed by atoms with Crippen molar-refractivity contribution in [1.82, 2.24) is 20.3 Å². The lowest BCUT2D eigenvalue weighted by molar-refractivity contribution is 0.295. The first-order valence-corrected chi connectivity index (χ1v) is 6.81. The van der Waals surface area contributed by atoms with E-state index in [0.29, 0.717) is 6.61 Å². The third kappa shape index (κ3) is 3.54. The van der Waals surface area contributed by atoms with Crippen molar-refractivity contribution in [3.63, 3.8) is 0 Å². The fourth-order valence-electron chi connectivity index (χ4n) is 1.94. The molecule has 2 aromatic rings. The van der Waals surface area contributed by atoms with Crippen LogP contribution in [0.15, 0.2) is 22.8 Å². The minimum absolute atomic E-state index is 0.424. The van der Waals surface area contributed by atoms with Gasteiger partial charge in [0.05, 0.1) is 6.20 Å². The molecule has 0 aliphatic rings. The van der Waals surface area contributed by atoms with Crippen molar-refractivity contribution in [3.8, 4) is 5.75 Å². The lowest BCUT2D eigenvalue weighted by Crippen LogP contribution is -2.09. The summed E-state index contributed by atoms with van der Waals surface area (Å²) in [5, 5.41) is 11.1. The van der Waals surface area contributed by atoms with Gasteiger partial charge in [0, 0.05) is 23.6 Å². The molecular weight excluding hydrogens is 308 g/mol. The van der Waals surface area contributed by atoms with Crippen molar-refractivity contribution in [2.75, 3.05) is 7.05 Å². The fraction of sp³-hybridized carbons (Fsp3) is 0.385. The number of aromatic nitrogens is 3. The standard InChI is InChI=1S/C13H17BrN4O/c1-9-4-11(14)5-10(6-15-2)13(9)19-8-12-7-18(3)17-16-12/h4-5,7,15H,6,8H2,1-3H3. The van der Waals surface area contributed by atoms with Crippen LogP contribution in [-0.4, -0.2) is 22.0 Å². The van der Waals surface area contributed by atoms with E-state index in [9.17, 15) is 0 Å². The predicted octanol–water partition coefficient (Wildman–Crippen LogP) is 2.18. The molecule has 0 spiro atoms. The van der Waals surface area contributed by atoms with Crippen molar-refractivity contribution in [2.45, 2.75) is 20.1 Å². The zero-order chi connectivity index (χ0) is 13.8. The van der Waals surface area contributed by atoms with Gasteiger partial charge in [0.25, 0.3) is 0 Å². The van der Waals surface area contributed by atoms with Gasteiger partial charge in [-0.1, -0.05) is 21.1 Å². The van der Waals surface area contributed by atoms with Gasteiger partial charge in [0.1, 0.15) is 18.1 Å². The Morgan fingerprint density at radius 2 is 2.21 bits per heavy atom. The van der Waals surface area contributed by atoms with E-state index < -0.39 is 0 Å². The molecule has 0 saturated heterocycles. The molecule has 1 heterocycles. The maximum Gasteiger partial charge on any atom is 0.134 e. The number of hydrogen-bond acceptors (Lipinski definition) is 4. The summed E-state index contributed by atoms with van der Waals surface area (Å²) in [4.78, 5) is 0. The van der Waals surface area contributed by atoms with Gasteiger partial charge in [-0.25, -0.2) is 0 Å². The summed E-state index contributed by atoms with van der Waals surface area (Å²) in [6.45, 7) is 3.22. The Hall–Kier alpha value is -1.40. The number of ether oxygens (including phenoxy) is 1. The number of nitrogens with zero attached hydrogens (tertiary/aromatic N) is 3. The summed E-state index contributed by atoms with van der Waals surface area (Å²) in [7, 11) is 3.76. The van der Waals surface area contributed by atoms with E-state index in [1.54, 1.807) is 4.68 Å². The molecule has 0 fully saturated rings. The molecule has 102 valence electrons. The first-order valence-electron chi connectivity index (χ1n) is 6.01. The number of rotatable bonds is 5. The first-order chi connectivity index (χ1) is 9.10. The second-order valence-electron chi connectivity index (χ2n) is 4.41. The third-order valence-electron chi connectivity index (χ3n) is 2.70. The van der Waals surface area contributed by atoms with E-state index >= 15 is 0 Å². The van der Waals surface area contributed by atoms with Gasteiger partial charge in [-0.2, -0.15) is 0 Å². The SMILES string of the molecule is CNCc1cc(Br)cc(C)c1OCc1cn(C)nn1. The van der Waals surface area contributed by atoms with E-state index in [0.717, 1.165) is 33.6 Å². The molecule has 0 bridgehead atoms. The molecule has 0 amide bonds. The number of nitrogens with one attached hydrogen (secondary N) is 1. The van der Waals surface area contributed by atoms with Gasteiger partial charge in [-0.15, -0.1) is 5.10 Å². The molecule has 1 aromatic carbocycles. The molecule has 6 heteroatoms. The molecule has 0 aliphatic carbocycles. The van der Waals surface area contributed by atoms with E-state index in [4.69, 9.17) is 4.74 Å². The minimum atomic E-state index is 0.424. The van der Waals surface area contributed by atoms with Crippen LogP contribution in [0.5, 0.6) is 5.75 Å². The van der Waals surface area contributed by atoms with Crippen LogP contribution >= 0.6 is 15.9 Å². The summed E-state index contributed by atoms with van der Waals surface area (Å²) < 4.78 is 8.62. The Morgan fingerprint density at radius 3 is 2.84 bits per heavy atom. The quantitative estimate of drug-likeness (QED) is 0.916. The highest BCUT2D eigenvalue weighted by Crippen LogP contribution is 2.28. The maximum atomic E-state index is 5.90. The Balaban J connectivity index is 2.18. The van der Waals surface area contributed by atoms with Crippen LogP contribution < -0.4 is 10.1 Å². The molecule has 5 nitrogen and oxygen atoms in total. The molecule has 0 atom stereocenters.